The maximum absolute atomic E-state index is 12.4. The largest absolute Gasteiger partial charge is 0.323 e. The first-order valence-electron chi connectivity index (χ1n) is 8.92. The van der Waals surface area contributed by atoms with Gasteiger partial charge in [-0.3, -0.25) is 4.79 Å². The number of rotatable bonds is 6. The Bertz CT molecular complexity index is 1150. The van der Waals surface area contributed by atoms with Gasteiger partial charge in [0.15, 0.2) is 0 Å². The number of benzene rings is 3. The molecular formula is C21H20N4O4S. The van der Waals surface area contributed by atoms with Crippen LogP contribution >= 0.6 is 0 Å². The molecule has 30 heavy (non-hydrogen) atoms. The molecule has 0 saturated carbocycles. The highest BCUT2D eigenvalue weighted by Gasteiger charge is 2.10. The van der Waals surface area contributed by atoms with Crippen molar-refractivity contribution in [2.45, 2.75) is 5.75 Å². The van der Waals surface area contributed by atoms with Crippen molar-refractivity contribution in [3.8, 4) is 0 Å². The number of urea groups is 1. The zero-order valence-electron chi connectivity index (χ0n) is 15.8. The van der Waals surface area contributed by atoms with Crippen molar-refractivity contribution in [2.75, 3.05) is 16.0 Å². The third-order valence-corrected chi connectivity index (χ3v) is 4.73. The molecule has 0 unspecified atom stereocenters. The second-order valence-corrected chi connectivity index (χ2v) is 8.10. The summed E-state index contributed by atoms with van der Waals surface area (Å²) in [5.74, 6) is -0.690. The van der Waals surface area contributed by atoms with Gasteiger partial charge in [-0.05, 0) is 54.1 Å². The van der Waals surface area contributed by atoms with Gasteiger partial charge in [-0.2, -0.15) is 0 Å². The van der Waals surface area contributed by atoms with Crippen LogP contribution in [0.3, 0.4) is 0 Å². The summed E-state index contributed by atoms with van der Waals surface area (Å²) in [6.07, 6.45) is 0. The maximum atomic E-state index is 12.4. The molecular weight excluding hydrogens is 404 g/mol. The first-order valence-corrected chi connectivity index (χ1v) is 10.6. The summed E-state index contributed by atoms with van der Waals surface area (Å²) in [7, 11) is -3.66. The van der Waals surface area contributed by atoms with Gasteiger partial charge in [0.1, 0.15) is 0 Å². The molecule has 0 radical (unpaired) electrons. The van der Waals surface area contributed by atoms with Gasteiger partial charge in [-0.1, -0.05) is 30.3 Å². The van der Waals surface area contributed by atoms with Gasteiger partial charge in [-0.25, -0.2) is 18.4 Å². The van der Waals surface area contributed by atoms with Crippen molar-refractivity contribution in [2.24, 2.45) is 5.14 Å². The normalized spacial score (nSPS) is 10.8. The summed E-state index contributed by atoms with van der Waals surface area (Å²) in [5, 5.41) is 13.1. The number of hydrogen-bond donors (Lipinski definition) is 4. The van der Waals surface area contributed by atoms with Gasteiger partial charge in [0.2, 0.25) is 10.0 Å². The van der Waals surface area contributed by atoms with Crippen LogP contribution in [0.1, 0.15) is 15.9 Å². The van der Waals surface area contributed by atoms with Gasteiger partial charge >= 0.3 is 6.03 Å². The number of nitrogens with one attached hydrogen (secondary N) is 3. The Balaban J connectivity index is 1.60. The molecule has 3 amide bonds. The molecule has 0 heterocycles. The number of primary sulfonamides is 1. The lowest BCUT2D eigenvalue weighted by Crippen LogP contribution is -2.19. The molecule has 9 heteroatoms. The third kappa shape index (κ3) is 6.43. The van der Waals surface area contributed by atoms with Crippen molar-refractivity contribution in [3.05, 3.63) is 90.0 Å². The minimum Gasteiger partial charge on any atom is -0.322 e. The number of nitrogens with two attached hydrogens (primary N) is 1. The summed E-state index contributed by atoms with van der Waals surface area (Å²) in [5.41, 5.74) is 2.48. The number of hydrogen-bond acceptors (Lipinski definition) is 4. The Labute approximate surface area is 174 Å². The lowest BCUT2D eigenvalue weighted by atomic mass is 10.1. The van der Waals surface area contributed by atoms with Gasteiger partial charge in [0.05, 0.1) is 5.75 Å². The topological polar surface area (TPSA) is 130 Å². The second kappa shape index (κ2) is 9.21. The molecule has 3 aromatic carbocycles. The fourth-order valence-corrected chi connectivity index (χ4v) is 3.34. The SMILES string of the molecule is NS(=O)(=O)Cc1cccc(NC(=O)c2ccc(NC(=O)Nc3ccccc3)cc2)c1. The summed E-state index contributed by atoms with van der Waals surface area (Å²) in [4.78, 5) is 24.5. The average Bonchev–Trinajstić information content (AvgIpc) is 2.68. The Hall–Kier alpha value is -3.69. The highest BCUT2D eigenvalue weighted by Crippen LogP contribution is 2.16. The van der Waals surface area contributed by atoms with Crippen LogP contribution in [0.2, 0.25) is 0 Å². The summed E-state index contributed by atoms with van der Waals surface area (Å²) in [6.45, 7) is 0. The van der Waals surface area contributed by atoms with E-state index in [0.717, 1.165) is 0 Å². The van der Waals surface area contributed by atoms with Crippen LogP contribution in [0.5, 0.6) is 0 Å². The molecule has 0 fully saturated rings. The molecule has 0 aliphatic carbocycles. The van der Waals surface area contributed by atoms with E-state index in [2.05, 4.69) is 16.0 Å². The van der Waals surface area contributed by atoms with E-state index < -0.39 is 16.1 Å². The molecule has 3 aromatic rings. The molecule has 0 atom stereocenters. The summed E-state index contributed by atoms with van der Waals surface area (Å²) in [6, 6.07) is 21.4. The number of para-hydroxylation sites is 1. The summed E-state index contributed by atoms with van der Waals surface area (Å²) < 4.78 is 22.4. The Kier molecular flexibility index (Phi) is 6.45. The third-order valence-electron chi connectivity index (χ3n) is 3.99. The molecule has 5 N–H and O–H groups in total. The number of carbonyl (C=O) groups excluding carboxylic acids is 2. The van der Waals surface area contributed by atoms with E-state index in [9.17, 15) is 18.0 Å². The van der Waals surface area contributed by atoms with Crippen LogP contribution in [0.25, 0.3) is 0 Å². The average molecular weight is 424 g/mol. The predicted molar refractivity (Wildman–Crippen MR) is 117 cm³/mol. The van der Waals surface area contributed by atoms with E-state index in [1.807, 2.05) is 18.2 Å². The monoisotopic (exact) mass is 424 g/mol. The zero-order chi connectivity index (χ0) is 21.6. The van der Waals surface area contributed by atoms with Crippen LogP contribution in [0.15, 0.2) is 78.9 Å². The highest BCUT2D eigenvalue weighted by atomic mass is 32.2. The zero-order valence-corrected chi connectivity index (χ0v) is 16.6. The van der Waals surface area contributed by atoms with E-state index >= 15 is 0 Å². The molecule has 154 valence electrons. The molecule has 0 spiro atoms. The van der Waals surface area contributed by atoms with Crippen molar-refractivity contribution in [1.82, 2.24) is 0 Å². The van der Waals surface area contributed by atoms with Crippen molar-refractivity contribution < 1.29 is 18.0 Å². The standard InChI is InChI=1S/C21H20N4O4S/c22-30(28,29)14-15-5-4-8-19(13-15)23-20(26)16-9-11-18(12-10-16)25-21(27)24-17-6-2-1-3-7-17/h1-13H,14H2,(H,23,26)(H2,22,28,29)(H2,24,25,27). The molecule has 0 saturated heterocycles. The Morgan fingerprint density at radius 2 is 1.33 bits per heavy atom. The fraction of sp³-hybridized carbons (Fsp3) is 0.0476. The Morgan fingerprint density at radius 3 is 1.97 bits per heavy atom. The van der Waals surface area contributed by atoms with E-state index in [0.29, 0.717) is 28.2 Å². The summed E-state index contributed by atoms with van der Waals surface area (Å²) >= 11 is 0. The van der Waals surface area contributed by atoms with Gasteiger partial charge in [0.25, 0.3) is 5.91 Å². The maximum Gasteiger partial charge on any atom is 0.323 e. The van der Waals surface area contributed by atoms with Crippen LogP contribution in [0.4, 0.5) is 21.9 Å². The Morgan fingerprint density at radius 1 is 0.733 bits per heavy atom. The van der Waals surface area contributed by atoms with E-state index in [4.69, 9.17) is 5.14 Å². The van der Waals surface area contributed by atoms with Crippen LogP contribution in [0, 0.1) is 0 Å². The minimum atomic E-state index is -3.66. The van der Waals surface area contributed by atoms with Gasteiger partial charge < -0.3 is 16.0 Å². The smallest absolute Gasteiger partial charge is 0.322 e. The number of amides is 3. The molecule has 0 aromatic heterocycles. The first-order chi connectivity index (χ1) is 14.3. The second-order valence-electron chi connectivity index (χ2n) is 6.48. The lowest BCUT2D eigenvalue weighted by molar-refractivity contribution is 0.102. The van der Waals surface area contributed by atoms with Crippen molar-refractivity contribution in [1.29, 1.82) is 0 Å². The molecule has 0 aliphatic rings. The van der Waals surface area contributed by atoms with Gasteiger partial charge in [-0.15, -0.1) is 0 Å². The van der Waals surface area contributed by atoms with Crippen LogP contribution in [-0.2, 0) is 15.8 Å². The molecule has 8 nitrogen and oxygen atoms in total. The number of carbonyl (C=O) groups is 2. The van der Waals surface area contributed by atoms with E-state index in [1.54, 1.807) is 60.7 Å². The van der Waals surface area contributed by atoms with Crippen molar-refractivity contribution in [3.63, 3.8) is 0 Å². The lowest BCUT2D eigenvalue weighted by Gasteiger charge is -2.09. The first kappa shape index (κ1) is 21.0. The minimum absolute atomic E-state index is 0.317. The quantitative estimate of drug-likeness (QED) is 0.483. The highest BCUT2D eigenvalue weighted by molar-refractivity contribution is 7.88. The molecule has 0 bridgehead atoms. The van der Waals surface area contributed by atoms with E-state index in [1.165, 1.54) is 0 Å². The van der Waals surface area contributed by atoms with Crippen LogP contribution < -0.4 is 21.1 Å². The number of anilines is 3. The van der Waals surface area contributed by atoms with Gasteiger partial charge in [0, 0.05) is 22.6 Å². The molecule has 0 aliphatic heterocycles. The predicted octanol–water partition coefficient (Wildman–Crippen LogP) is 3.37. The van der Waals surface area contributed by atoms with Crippen LogP contribution in [-0.4, -0.2) is 20.4 Å². The van der Waals surface area contributed by atoms with Crippen molar-refractivity contribution >= 4 is 39.0 Å². The number of sulfonamides is 1. The molecule has 3 rings (SSSR count). The van der Waals surface area contributed by atoms with E-state index in [-0.39, 0.29) is 11.7 Å². The fourth-order valence-electron chi connectivity index (χ4n) is 2.69.